The maximum Gasteiger partial charge on any atom is 0.253 e. The van der Waals surface area contributed by atoms with Gasteiger partial charge in [-0.2, -0.15) is 0 Å². The van der Waals surface area contributed by atoms with E-state index in [1.165, 1.54) is 0 Å². The highest BCUT2D eigenvalue weighted by Gasteiger charge is 2.20. The smallest absolute Gasteiger partial charge is 0.253 e. The average molecular weight is 368 g/mol. The number of carbonyl (C=O) groups is 1. The molecule has 132 valence electrons. The van der Waals surface area contributed by atoms with Gasteiger partial charge in [0.05, 0.1) is 16.6 Å². The number of rotatable bonds is 4. The summed E-state index contributed by atoms with van der Waals surface area (Å²) in [6.45, 7) is 2.85. The van der Waals surface area contributed by atoms with Crippen LogP contribution in [0.25, 0.3) is 0 Å². The molecule has 0 spiro atoms. The van der Waals surface area contributed by atoms with Crippen LogP contribution < -0.4 is 14.8 Å². The van der Waals surface area contributed by atoms with Crippen molar-refractivity contribution in [3.63, 3.8) is 0 Å². The molecule has 0 aliphatic carbocycles. The van der Waals surface area contributed by atoms with Crippen molar-refractivity contribution < 1.29 is 23.0 Å². The van der Waals surface area contributed by atoms with Crippen molar-refractivity contribution in [2.24, 2.45) is 0 Å². The van der Waals surface area contributed by atoms with E-state index in [0.717, 1.165) is 17.7 Å². The van der Waals surface area contributed by atoms with Gasteiger partial charge in [-0.25, -0.2) is 8.78 Å². The summed E-state index contributed by atoms with van der Waals surface area (Å²) in [7, 11) is 0. The highest BCUT2D eigenvalue weighted by molar-refractivity contribution is 6.33. The van der Waals surface area contributed by atoms with E-state index in [9.17, 15) is 13.6 Å². The number of fused-ring (bicyclic) bond motifs is 1. The van der Waals surface area contributed by atoms with Crippen LogP contribution in [0.3, 0.4) is 0 Å². The first kappa shape index (κ1) is 17.5. The van der Waals surface area contributed by atoms with Gasteiger partial charge in [-0.05, 0) is 36.2 Å². The van der Waals surface area contributed by atoms with Gasteiger partial charge < -0.3 is 14.8 Å². The lowest BCUT2D eigenvalue weighted by atomic mass is 10.0. The molecule has 1 aliphatic rings. The Morgan fingerprint density at radius 1 is 1.16 bits per heavy atom. The maximum atomic E-state index is 13.4. The molecule has 7 heteroatoms. The molecule has 0 saturated carbocycles. The lowest BCUT2D eigenvalue weighted by Crippen LogP contribution is -2.28. The summed E-state index contributed by atoms with van der Waals surface area (Å²) in [5.74, 6) is -1.53. The molecule has 25 heavy (non-hydrogen) atoms. The zero-order chi connectivity index (χ0) is 18.0. The van der Waals surface area contributed by atoms with E-state index in [4.69, 9.17) is 21.1 Å². The normalized spacial score (nSPS) is 14.1. The van der Waals surface area contributed by atoms with Crippen molar-refractivity contribution in [2.75, 3.05) is 13.2 Å². The van der Waals surface area contributed by atoms with Crippen LogP contribution in [0.15, 0.2) is 30.3 Å². The monoisotopic (exact) mass is 367 g/mol. The number of benzene rings is 2. The van der Waals surface area contributed by atoms with Crippen LogP contribution in [-0.2, 0) is 0 Å². The summed E-state index contributed by atoms with van der Waals surface area (Å²) >= 11 is 5.86. The van der Waals surface area contributed by atoms with E-state index >= 15 is 0 Å². The number of halogens is 3. The molecule has 1 amide bonds. The van der Waals surface area contributed by atoms with Crippen LogP contribution >= 0.6 is 11.6 Å². The summed E-state index contributed by atoms with van der Waals surface area (Å²) in [4.78, 5) is 12.4. The van der Waals surface area contributed by atoms with Crippen molar-refractivity contribution in [3.05, 3.63) is 58.1 Å². The van der Waals surface area contributed by atoms with Gasteiger partial charge in [0, 0.05) is 0 Å². The molecule has 0 aromatic heterocycles. The molecule has 2 aromatic carbocycles. The lowest BCUT2D eigenvalue weighted by Gasteiger charge is -2.22. The van der Waals surface area contributed by atoms with Crippen LogP contribution in [0, 0.1) is 11.6 Å². The number of hydrogen-bond acceptors (Lipinski definition) is 3. The summed E-state index contributed by atoms with van der Waals surface area (Å²) in [5, 5.41) is 2.64. The Hall–Kier alpha value is -2.34. The topological polar surface area (TPSA) is 47.6 Å². The summed E-state index contributed by atoms with van der Waals surface area (Å²) in [6, 6.07) is 6.65. The number of nitrogens with one attached hydrogen (secondary N) is 1. The van der Waals surface area contributed by atoms with E-state index in [1.807, 2.05) is 13.0 Å². The zero-order valence-corrected chi connectivity index (χ0v) is 14.2. The Kier molecular flexibility index (Phi) is 5.08. The zero-order valence-electron chi connectivity index (χ0n) is 13.4. The Balaban J connectivity index is 1.82. The van der Waals surface area contributed by atoms with Crippen molar-refractivity contribution in [3.8, 4) is 11.5 Å². The van der Waals surface area contributed by atoms with E-state index in [0.29, 0.717) is 31.1 Å². The lowest BCUT2D eigenvalue weighted by molar-refractivity contribution is 0.0935. The predicted molar refractivity (Wildman–Crippen MR) is 89.3 cm³/mol. The molecule has 1 N–H and O–H groups in total. The van der Waals surface area contributed by atoms with Crippen LogP contribution in [0.4, 0.5) is 8.78 Å². The second-order valence-corrected chi connectivity index (χ2v) is 5.99. The average Bonchev–Trinajstić information content (AvgIpc) is 2.62. The molecule has 0 radical (unpaired) electrons. The Morgan fingerprint density at radius 3 is 2.56 bits per heavy atom. The fourth-order valence-electron chi connectivity index (χ4n) is 2.63. The van der Waals surface area contributed by atoms with Crippen LogP contribution in [-0.4, -0.2) is 19.1 Å². The molecular formula is C18H16ClF2NO3. The first-order valence-corrected chi connectivity index (χ1v) is 8.22. The summed E-state index contributed by atoms with van der Waals surface area (Å²) in [5.41, 5.74) is 0.704. The second-order valence-electron chi connectivity index (χ2n) is 5.58. The number of amides is 1. The highest BCUT2D eigenvalue weighted by Crippen LogP contribution is 2.33. The molecule has 0 saturated heterocycles. The fraction of sp³-hybridized carbons (Fsp3) is 0.278. The molecule has 1 atom stereocenters. The first-order chi connectivity index (χ1) is 12.0. The van der Waals surface area contributed by atoms with Gasteiger partial charge in [0.25, 0.3) is 5.91 Å². The number of carbonyl (C=O) groups excluding carboxylic acids is 1. The first-order valence-electron chi connectivity index (χ1n) is 7.84. The van der Waals surface area contributed by atoms with Gasteiger partial charge in [0.2, 0.25) is 0 Å². The van der Waals surface area contributed by atoms with Gasteiger partial charge in [-0.3, -0.25) is 4.79 Å². The maximum absolute atomic E-state index is 13.4. The third-order valence-corrected chi connectivity index (χ3v) is 4.25. The van der Waals surface area contributed by atoms with E-state index in [-0.39, 0.29) is 16.6 Å². The van der Waals surface area contributed by atoms with Gasteiger partial charge in [-0.1, -0.05) is 24.6 Å². The second kappa shape index (κ2) is 7.27. The summed E-state index contributed by atoms with van der Waals surface area (Å²) < 4.78 is 37.6. The minimum absolute atomic E-state index is 0.114. The van der Waals surface area contributed by atoms with E-state index in [1.54, 1.807) is 12.1 Å². The van der Waals surface area contributed by atoms with E-state index in [2.05, 4.69) is 5.32 Å². The molecule has 1 unspecified atom stereocenters. The molecule has 2 aromatic rings. The molecular weight excluding hydrogens is 352 g/mol. The van der Waals surface area contributed by atoms with Crippen molar-refractivity contribution in [1.82, 2.24) is 5.32 Å². The third kappa shape index (κ3) is 3.69. The molecule has 4 nitrogen and oxygen atoms in total. The standard InChI is InChI=1S/C18H16ClF2NO3/c1-2-15(10-3-4-16-17(7-10)25-6-5-24-16)22-18(23)11-8-13(20)14(21)9-12(11)19/h3-4,7-9,15H,2,5-6H2,1H3,(H,22,23). The minimum atomic E-state index is -1.12. The van der Waals surface area contributed by atoms with Gasteiger partial charge >= 0.3 is 0 Å². The number of ether oxygens (including phenoxy) is 2. The van der Waals surface area contributed by atoms with Crippen molar-refractivity contribution >= 4 is 17.5 Å². The Labute approximate surface area is 148 Å². The molecule has 0 bridgehead atoms. The highest BCUT2D eigenvalue weighted by atomic mass is 35.5. The Morgan fingerprint density at radius 2 is 1.84 bits per heavy atom. The van der Waals surface area contributed by atoms with E-state index < -0.39 is 17.5 Å². The van der Waals surface area contributed by atoms with Crippen molar-refractivity contribution in [2.45, 2.75) is 19.4 Å². The number of hydrogen-bond donors (Lipinski definition) is 1. The summed E-state index contributed by atoms with van der Waals surface area (Å²) in [6.07, 6.45) is 0.590. The van der Waals surface area contributed by atoms with Crippen LogP contribution in [0.2, 0.25) is 5.02 Å². The quantitative estimate of drug-likeness (QED) is 0.821. The van der Waals surface area contributed by atoms with Crippen molar-refractivity contribution in [1.29, 1.82) is 0 Å². The molecule has 1 aliphatic heterocycles. The largest absolute Gasteiger partial charge is 0.486 e. The van der Waals surface area contributed by atoms with Gasteiger partial charge in [0.15, 0.2) is 23.1 Å². The Bertz CT molecular complexity index is 813. The van der Waals surface area contributed by atoms with Gasteiger partial charge in [-0.15, -0.1) is 0 Å². The molecule has 0 fully saturated rings. The molecule has 1 heterocycles. The van der Waals surface area contributed by atoms with Crippen LogP contribution in [0.1, 0.15) is 35.3 Å². The van der Waals surface area contributed by atoms with Gasteiger partial charge in [0.1, 0.15) is 13.2 Å². The fourth-order valence-corrected chi connectivity index (χ4v) is 2.87. The predicted octanol–water partition coefficient (Wildman–Crippen LogP) is 4.27. The third-order valence-electron chi connectivity index (χ3n) is 3.94. The van der Waals surface area contributed by atoms with Crippen LogP contribution in [0.5, 0.6) is 11.5 Å². The SMILES string of the molecule is CCC(NC(=O)c1cc(F)c(F)cc1Cl)c1ccc2c(c1)OCCO2. The minimum Gasteiger partial charge on any atom is -0.486 e. The molecule has 3 rings (SSSR count).